The van der Waals surface area contributed by atoms with Gasteiger partial charge >= 0.3 is 0 Å². The van der Waals surface area contributed by atoms with Crippen molar-refractivity contribution in [1.82, 2.24) is 0 Å². The van der Waals surface area contributed by atoms with E-state index in [1.54, 1.807) is 48.5 Å². The summed E-state index contributed by atoms with van der Waals surface area (Å²) in [7, 11) is 0. The normalized spacial score (nSPS) is 42.4. The first-order valence-electron chi connectivity index (χ1n) is 11.5. The summed E-state index contributed by atoms with van der Waals surface area (Å²) >= 11 is 0. The van der Waals surface area contributed by atoms with E-state index in [9.17, 15) is 30.6 Å². The van der Waals surface area contributed by atoms with Gasteiger partial charge in [-0.05, 0) is 24.0 Å². The van der Waals surface area contributed by atoms with Gasteiger partial charge in [-0.15, -0.1) is 0 Å². The maximum absolute atomic E-state index is 12.1. The molecule has 0 saturated heterocycles. The van der Waals surface area contributed by atoms with E-state index in [0.29, 0.717) is 24.0 Å². The lowest BCUT2D eigenvalue weighted by Crippen LogP contribution is -2.77. The number of rotatable bonds is 4. The summed E-state index contributed by atoms with van der Waals surface area (Å²) in [4.78, 5) is 0. The predicted molar refractivity (Wildman–Crippen MR) is 118 cm³/mol. The molecule has 2 aromatic rings. The Bertz CT molecular complexity index is 903. The molecule has 0 bridgehead atoms. The third-order valence-corrected chi connectivity index (χ3v) is 8.72. The zero-order valence-electron chi connectivity index (χ0n) is 18.1. The van der Waals surface area contributed by atoms with Crippen LogP contribution in [0.3, 0.4) is 0 Å². The third-order valence-electron chi connectivity index (χ3n) is 8.72. The molecule has 5 rings (SSSR count). The highest BCUT2D eigenvalue weighted by Gasteiger charge is 3.00. The van der Waals surface area contributed by atoms with Crippen molar-refractivity contribution in [2.75, 3.05) is 0 Å². The molecule has 0 amide bonds. The summed E-state index contributed by atoms with van der Waals surface area (Å²) in [5, 5.41) is 70.5. The van der Waals surface area contributed by atoms with Crippen LogP contribution in [0.2, 0.25) is 0 Å². The first-order chi connectivity index (χ1) is 15.2. The summed E-state index contributed by atoms with van der Waals surface area (Å²) in [6, 6.07) is 17.9. The highest BCUT2D eigenvalue weighted by atomic mass is 16.5. The lowest BCUT2D eigenvalue weighted by atomic mass is 9.64. The lowest BCUT2D eigenvalue weighted by Gasteiger charge is -2.52. The maximum Gasteiger partial charge on any atom is 0.137 e. The smallest absolute Gasteiger partial charge is 0.137 e. The molecule has 0 aromatic heterocycles. The lowest BCUT2D eigenvalue weighted by molar-refractivity contribution is -0.301. The molecule has 6 unspecified atom stereocenters. The molecule has 6 heteroatoms. The van der Waals surface area contributed by atoms with Crippen molar-refractivity contribution in [3.8, 4) is 0 Å². The standard InChI is InChI=1S/C26H32O6/c27-20-21(28)24(30,17-19-12-6-2-7-13-19)26(32)22(14-8-3-9-15-22)25(26,31)23(20,29)16-18-10-4-1-5-11-18/h1-2,4-7,10-13,20-21,27-32H,3,8-9,14-17H2. The second kappa shape index (κ2) is 7.10. The first-order valence-corrected chi connectivity index (χ1v) is 11.5. The van der Waals surface area contributed by atoms with E-state index in [1.165, 1.54) is 0 Å². The fraction of sp³-hybridized carbons (Fsp3) is 0.538. The van der Waals surface area contributed by atoms with E-state index in [0.717, 1.165) is 19.3 Å². The van der Waals surface area contributed by atoms with Crippen molar-refractivity contribution in [3.63, 3.8) is 0 Å². The average Bonchev–Trinajstić information content (AvgIpc) is 3.24. The van der Waals surface area contributed by atoms with Crippen LogP contribution in [0.4, 0.5) is 0 Å². The van der Waals surface area contributed by atoms with Gasteiger partial charge in [-0.2, -0.15) is 0 Å². The average molecular weight is 441 g/mol. The van der Waals surface area contributed by atoms with E-state index < -0.39 is 40.0 Å². The first kappa shape index (κ1) is 22.0. The monoisotopic (exact) mass is 440 g/mol. The molecule has 1 spiro atoms. The Kier molecular flexibility index (Phi) is 4.88. The fourth-order valence-corrected chi connectivity index (χ4v) is 7.22. The topological polar surface area (TPSA) is 121 Å². The van der Waals surface area contributed by atoms with Gasteiger partial charge in [0.1, 0.15) is 34.6 Å². The van der Waals surface area contributed by atoms with E-state index in [4.69, 9.17) is 0 Å². The zero-order chi connectivity index (χ0) is 22.8. The minimum atomic E-state index is -2.23. The number of aliphatic hydroxyl groups is 6. The van der Waals surface area contributed by atoms with Gasteiger partial charge < -0.3 is 30.6 Å². The molecule has 2 aromatic carbocycles. The molecule has 3 fully saturated rings. The summed E-state index contributed by atoms with van der Waals surface area (Å²) in [5.74, 6) is 0. The van der Waals surface area contributed by atoms with Crippen LogP contribution < -0.4 is 0 Å². The Morgan fingerprint density at radius 1 is 0.594 bits per heavy atom. The SMILES string of the molecule is OC1C(O)C(O)(Cc2ccccc2)C2(O)C3(CCCCC3)C2(O)C1(O)Cc1ccccc1. The van der Waals surface area contributed by atoms with Gasteiger partial charge in [0.25, 0.3) is 0 Å². The van der Waals surface area contributed by atoms with Gasteiger partial charge in [-0.1, -0.05) is 79.9 Å². The highest BCUT2D eigenvalue weighted by molar-refractivity contribution is 5.52. The van der Waals surface area contributed by atoms with Crippen LogP contribution in [0.5, 0.6) is 0 Å². The van der Waals surface area contributed by atoms with Crippen LogP contribution in [-0.4, -0.2) is 65.3 Å². The number of benzene rings is 2. The van der Waals surface area contributed by atoms with Crippen molar-refractivity contribution in [2.24, 2.45) is 5.41 Å². The van der Waals surface area contributed by atoms with Crippen molar-refractivity contribution in [3.05, 3.63) is 71.8 Å². The van der Waals surface area contributed by atoms with Crippen LogP contribution in [-0.2, 0) is 12.8 Å². The number of fused-ring (bicyclic) bond motifs is 3. The Morgan fingerprint density at radius 2 is 0.969 bits per heavy atom. The maximum atomic E-state index is 12.1. The molecule has 6 nitrogen and oxygen atoms in total. The van der Waals surface area contributed by atoms with Crippen molar-refractivity contribution < 1.29 is 30.6 Å². The highest BCUT2D eigenvalue weighted by Crippen LogP contribution is 2.81. The van der Waals surface area contributed by atoms with Gasteiger partial charge in [0.2, 0.25) is 0 Å². The molecule has 0 aliphatic heterocycles. The third kappa shape index (κ3) is 2.40. The second-order valence-corrected chi connectivity index (χ2v) is 10.1. The minimum absolute atomic E-state index is 0.159. The van der Waals surface area contributed by atoms with Gasteiger partial charge in [0, 0.05) is 18.3 Å². The molecule has 0 heterocycles. The predicted octanol–water partition coefficient (Wildman–Crippen LogP) is 1.10. The summed E-state index contributed by atoms with van der Waals surface area (Å²) in [6.07, 6.45) is -0.874. The van der Waals surface area contributed by atoms with E-state index in [1.807, 2.05) is 12.1 Å². The number of hydrogen-bond acceptors (Lipinski definition) is 6. The molecular weight excluding hydrogens is 408 g/mol. The number of aliphatic hydroxyl groups excluding tert-OH is 2. The summed E-state index contributed by atoms with van der Waals surface area (Å²) in [5.41, 5.74) is -8.72. The molecule has 6 N–H and O–H groups in total. The molecule has 172 valence electrons. The fourth-order valence-electron chi connectivity index (χ4n) is 7.22. The van der Waals surface area contributed by atoms with Crippen LogP contribution in [0.15, 0.2) is 60.7 Å². The van der Waals surface area contributed by atoms with Crippen molar-refractivity contribution >= 4 is 0 Å². The molecule has 0 radical (unpaired) electrons. The Balaban J connectivity index is 1.66. The minimum Gasteiger partial charge on any atom is -0.387 e. The Morgan fingerprint density at radius 3 is 1.34 bits per heavy atom. The largest absolute Gasteiger partial charge is 0.387 e. The van der Waals surface area contributed by atoms with E-state index >= 15 is 0 Å². The number of hydrogen-bond donors (Lipinski definition) is 6. The van der Waals surface area contributed by atoms with Gasteiger partial charge in [0.15, 0.2) is 0 Å². The van der Waals surface area contributed by atoms with E-state index in [-0.39, 0.29) is 12.8 Å². The van der Waals surface area contributed by atoms with Crippen LogP contribution in [0, 0.1) is 5.41 Å². The van der Waals surface area contributed by atoms with Crippen molar-refractivity contribution in [2.45, 2.75) is 79.6 Å². The molecule has 32 heavy (non-hydrogen) atoms. The summed E-state index contributed by atoms with van der Waals surface area (Å²) in [6.45, 7) is 0. The van der Waals surface area contributed by atoms with Crippen LogP contribution in [0.1, 0.15) is 43.2 Å². The molecule has 3 aliphatic carbocycles. The second-order valence-electron chi connectivity index (χ2n) is 10.1. The van der Waals surface area contributed by atoms with Gasteiger partial charge in [-0.3, -0.25) is 0 Å². The molecule has 3 aliphatic rings. The Hall–Kier alpha value is -1.80. The molecular formula is C26H32O6. The van der Waals surface area contributed by atoms with Crippen LogP contribution in [0.25, 0.3) is 0 Å². The Labute approximate surface area is 187 Å². The van der Waals surface area contributed by atoms with Crippen LogP contribution >= 0.6 is 0 Å². The molecule has 3 saturated carbocycles. The van der Waals surface area contributed by atoms with Gasteiger partial charge in [-0.25, -0.2) is 0 Å². The van der Waals surface area contributed by atoms with Crippen molar-refractivity contribution in [1.29, 1.82) is 0 Å². The van der Waals surface area contributed by atoms with Gasteiger partial charge in [0.05, 0.1) is 0 Å². The summed E-state index contributed by atoms with van der Waals surface area (Å²) < 4.78 is 0. The molecule has 6 atom stereocenters. The quantitative estimate of drug-likeness (QED) is 0.423. The zero-order valence-corrected chi connectivity index (χ0v) is 18.1. The van der Waals surface area contributed by atoms with E-state index in [2.05, 4.69) is 0 Å².